The summed E-state index contributed by atoms with van der Waals surface area (Å²) in [6.45, 7) is 6.02. The Morgan fingerprint density at radius 3 is 1.46 bits per heavy atom. The minimum absolute atomic E-state index is 0.380. The molecule has 7 aromatic rings. The van der Waals surface area contributed by atoms with Gasteiger partial charge in [0.25, 0.3) is 0 Å². The van der Waals surface area contributed by atoms with E-state index < -0.39 is 0 Å². The van der Waals surface area contributed by atoms with E-state index in [-0.39, 0.29) is 0 Å². The molecule has 0 bridgehead atoms. The van der Waals surface area contributed by atoms with Crippen LogP contribution in [0.3, 0.4) is 0 Å². The first kappa shape index (κ1) is 39.9. The predicted molar refractivity (Wildman–Crippen MR) is 201 cm³/mol. The quantitative estimate of drug-likeness (QED) is 0.128. The van der Waals surface area contributed by atoms with Crippen molar-refractivity contribution >= 4 is 9.64 Å². The largest absolute Gasteiger partial charge is 0.255 e. The fourth-order valence-electron chi connectivity index (χ4n) is 5.65. The molecule has 0 aliphatic heterocycles. The van der Waals surface area contributed by atoms with Gasteiger partial charge in [0.15, 0.2) is 0 Å². The zero-order valence-corrected chi connectivity index (χ0v) is 32.8. The summed E-state index contributed by atoms with van der Waals surface area (Å²) in [5.74, 6) is 0. The van der Waals surface area contributed by atoms with Gasteiger partial charge in [-0.3, -0.25) is 19.9 Å². The average molecular weight is 895 g/mol. The maximum absolute atomic E-state index is 5.66. The maximum atomic E-state index is 5.66. The second-order valence-electron chi connectivity index (χ2n) is 11.8. The molecule has 0 amide bonds. The SMILES string of the molecule is CCC(CC(CC(C)n1cc[n+](CCN)c1)n1ccnc1)n1ccnc1.[Cl][Os].c1ccc(-c2ccccn2)nc1.c1ccc(-c2ccccn2)nc1. The molecule has 3 unspecified atom stereocenters. The number of pyridine rings is 4. The summed E-state index contributed by atoms with van der Waals surface area (Å²) in [7, 11) is 4.67. The number of rotatable bonds is 12. The van der Waals surface area contributed by atoms with Crippen LogP contribution in [0.15, 0.2) is 154 Å². The van der Waals surface area contributed by atoms with Gasteiger partial charge >= 0.3 is 27.2 Å². The number of hydrogen-bond donors (Lipinski definition) is 1. The molecule has 0 fully saturated rings. The Morgan fingerprint density at radius 1 is 0.635 bits per heavy atom. The third-order valence-corrected chi connectivity index (χ3v) is 8.31. The van der Waals surface area contributed by atoms with Crippen LogP contribution in [0.4, 0.5) is 0 Å². The van der Waals surface area contributed by atoms with E-state index in [1.54, 1.807) is 24.8 Å². The van der Waals surface area contributed by atoms with E-state index in [0.717, 1.165) is 48.6 Å². The van der Waals surface area contributed by atoms with Crippen LogP contribution in [0, 0.1) is 0 Å². The molecule has 0 radical (unpaired) electrons. The van der Waals surface area contributed by atoms with Gasteiger partial charge < -0.3 is 14.9 Å². The summed E-state index contributed by atoms with van der Waals surface area (Å²) in [4.78, 5) is 25.2. The zero-order valence-electron chi connectivity index (χ0n) is 29.5. The van der Waals surface area contributed by atoms with Crippen molar-refractivity contribution in [3.05, 3.63) is 154 Å². The van der Waals surface area contributed by atoms with Crippen molar-refractivity contribution in [3.63, 3.8) is 0 Å². The van der Waals surface area contributed by atoms with Crippen LogP contribution in [0.2, 0.25) is 0 Å². The van der Waals surface area contributed by atoms with Crippen molar-refractivity contribution in [2.45, 2.75) is 57.8 Å². The molecule has 7 aromatic heterocycles. The molecule has 0 saturated heterocycles. The van der Waals surface area contributed by atoms with Crippen molar-refractivity contribution in [2.24, 2.45) is 5.73 Å². The van der Waals surface area contributed by atoms with Crippen molar-refractivity contribution in [1.29, 1.82) is 0 Å². The van der Waals surface area contributed by atoms with Gasteiger partial charge in [-0.25, -0.2) is 19.1 Å². The number of imidazole rings is 3. The molecule has 0 spiro atoms. The predicted octanol–water partition coefficient (Wildman–Crippen LogP) is 7.34. The second kappa shape index (κ2) is 22.8. The number of nitrogens with zero attached hydrogens (tertiary/aromatic N) is 10. The fourth-order valence-corrected chi connectivity index (χ4v) is 5.65. The Labute approximate surface area is 320 Å². The molecule has 0 aliphatic carbocycles. The van der Waals surface area contributed by atoms with Gasteiger partial charge in [0, 0.05) is 74.6 Å². The Bertz CT molecular complexity index is 1720. The van der Waals surface area contributed by atoms with E-state index in [1.165, 1.54) is 17.6 Å². The number of halogens is 1. The summed E-state index contributed by atoms with van der Waals surface area (Å²) in [6, 6.07) is 24.4. The molecule has 7 rings (SSSR count). The van der Waals surface area contributed by atoms with Crippen molar-refractivity contribution in [2.75, 3.05) is 6.54 Å². The van der Waals surface area contributed by atoms with Crippen LogP contribution in [-0.2, 0) is 24.1 Å². The molecule has 13 heteroatoms. The standard InChI is InChI=1S/C19H30N7.2C10H8N2.ClH.Os/c1-3-18(24-8-5-21-14-24)13-19(25-9-6-22-15-25)12-17(2)26-11-10-23(16-26)7-4-20;2*1-3-7-11-9(5-1)10-6-2-4-8-12-10;;/h5-6,8-11,14-19H,3-4,7,12-13,20H2,1-2H3;2*1-8H;1H;/q+1;;;;+1/p-1. The Hall–Kier alpha value is -4.88. The Kier molecular flexibility index (Phi) is 17.5. The zero-order chi connectivity index (χ0) is 36.8. The van der Waals surface area contributed by atoms with Crippen molar-refractivity contribution < 1.29 is 22.2 Å². The van der Waals surface area contributed by atoms with Crippen LogP contribution in [0.1, 0.15) is 51.2 Å². The molecule has 271 valence electrons. The summed E-state index contributed by atoms with van der Waals surface area (Å²) in [5.41, 5.74) is 9.32. The minimum Gasteiger partial charge on any atom is -0.255 e. The second-order valence-corrected chi connectivity index (χ2v) is 11.8. The van der Waals surface area contributed by atoms with Crippen molar-refractivity contribution in [1.82, 2.24) is 43.6 Å². The molecular weight excluding hydrogens is 848 g/mol. The van der Waals surface area contributed by atoms with Crippen LogP contribution in [0.25, 0.3) is 22.8 Å². The summed E-state index contributed by atoms with van der Waals surface area (Å²) in [6.07, 6.45) is 28.3. The van der Waals surface area contributed by atoms with E-state index in [1.807, 2.05) is 97.8 Å². The first-order chi connectivity index (χ1) is 25.6. The Balaban J connectivity index is 0.000000192. The van der Waals surface area contributed by atoms with Gasteiger partial charge in [0.05, 0.1) is 41.5 Å². The number of aromatic nitrogens is 10. The monoisotopic (exact) mass is 895 g/mol. The van der Waals surface area contributed by atoms with Gasteiger partial charge in [-0.15, -0.1) is 0 Å². The first-order valence-corrected chi connectivity index (χ1v) is 20.3. The van der Waals surface area contributed by atoms with E-state index >= 15 is 0 Å². The van der Waals surface area contributed by atoms with Crippen LogP contribution >= 0.6 is 9.64 Å². The maximum Gasteiger partial charge on any atom is 0.0886 e. The molecule has 52 heavy (non-hydrogen) atoms. The third-order valence-electron chi connectivity index (χ3n) is 8.31. The van der Waals surface area contributed by atoms with E-state index in [9.17, 15) is 0 Å². The van der Waals surface area contributed by atoms with E-state index in [2.05, 4.69) is 103 Å². The topological polar surface area (TPSA) is 122 Å². The summed E-state index contributed by atoms with van der Waals surface area (Å²) in [5, 5.41) is 0. The van der Waals surface area contributed by atoms with E-state index in [4.69, 9.17) is 5.73 Å². The molecule has 11 nitrogen and oxygen atoms in total. The number of hydrogen-bond acceptors (Lipinski definition) is 7. The van der Waals surface area contributed by atoms with E-state index in [0.29, 0.717) is 24.7 Å². The minimum atomic E-state index is 0.380. The van der Waals surface area contributed by atoms with Gasteiger partial charge in [0.1, 0.15) is 18.9 Å². The molecule has 7 heterocycles. The van der Waals surface area contributed by atoms with Gasteiger partial charge in [-0.1, -0.05) is 31.2 Å². The number of nitrogens with two attached hydrogens (primary N) is 1. The summed E-state index contributed by atoms with van der Waals surface area (Å²) < 4.78 is 8.88. The molecule has 0 aliphatic rings. The average Bonchev–Trinajstić information content (AvgIpc) is 4.04. The first-order valence-electron chi connectivity index (χ1n) is 17.1. The van der Waals surface area contributed by atoms with Gasteiger partial charge in [-0.2, -0.15) is 0 Å². The molecular formula is C39H46ClN11Os+. The van der Waals surface area contributed by atoms with Crippen LogP contribution in [-0.4, -0.2) is 50.1 Å². The van der Waals surface area contributed by atoms with Gasteiger partial charge in [0.2, 0.25) is 6.33 Å². The molecule has 2 N–H and O–H groups in total. The Morgan fingerprint density at radius 2 is 1.10 bits per heavy atom. The molecule has 0 aromatic carbocycles. The smallest absolute Gasteiger partial charge is 0.0886 e. The van der Waals surface area contributed by atoms with Gasteiger partial charge in [-0.05, 0) is 68.3 Å². The third kappa shape index (κ3) is 12.7. The van der Waals surface area contributed by atoms with Crippen molar-refractivity contribution in [3.8, 4) is 22.8 Å². The fraction of sp³-hybridized carbons (Fsp3) is 0.256. The summed E-state index contributed by atoms with van der Waals surface area (Å²) >= 11 is 1.33. The molecule has 0 saturated carbocycles. The molecule has 3 atom stereocenters. The van der Waals surface area contributed by atoms with Crippen LogP contribution < -0.4 is 10.3 Å². The normalized spacial score (nSPS) is 12.1. The van der Waals surface area contributed by atoms with Crippen LogP contribution in [0.5, 0.6) is 0 Å².